The van der Waals surface area contributed by atoms with Gasteiger partial charge in [0, 0.05) is 25.0 Å². The SMILES string of the molecule is Cc1ccnc(SC[C@H]2CCCN(C(=O)OC(C)(C)C)C2)c1. The molecule has 0 N–H and O–H groups in total. The Bertz CT molecular complexity index is 514. The van der Waals surface area contributed by atoms with Gasteiger partial charge in [-0.15, -0.1) is 11.8 Å². The van der Waals surface area contributed by atoms with Crippen LogP contribution in [0.2, 0.25) is 0 Å². The highest BCUT2D eigenvalue weighted by atomic mass is 32.2. The number of pyridine rings is 1. The van der Waals surface area contributed by atoms with Gasteiger partial charge in [0.25, 0.3) is 0 Å². The largest absolute Gasteiger partial charge is 0.444 e. The lowest BCUT2D eigenvalue weighted by molar-refractivity contribution is 0.0177. The number of amides is 1. The first-order valence-electron chi connectivity index (χ1n) is 7.87. The van der Waals surface area contributed by atoms with Crippen LogP contribution < -0.4 is 0 Å². The van der Waals surface area contributed by atoms with Crippen molar-refractivity contribution in [1.82, 2.24) is 9.88 Å². The minimum atomic E-state index is -0.426. The third-order valence-electron chi connectivity index (χ3n) is 3.53. The summed E-state index contributed by atoms with van der Waals surface area (Å²) >= 11 is 1.78. The summed E-state index contributed by atoms with van der Waals surface area (Å²) in [7, 11) is 0. The Morgan fingerprint density at radius 1 is 1.50 bits per heavy atom. The van der Waals surface area contributed by atoms with E-state index in [4.69, 9.17) is 4.74 Å². The van der Waals surface area contributed by atoms with Crippen molar-refractivity contribution in [1.29, 1.82) is 0 Å². The van der Waals surface area contributed by atoms with Crippen LogP contribution in [0.1, 0.15) is 39.2 Å². The number of thioether (sulfide) groups is 1. The monoisotopic (exact) mass is 322 g/mol. The molecule has 1 aliphatic rings. The molecule has 1 atom stereocenters. The summed E-state index contributed by atoms with van der Waals surface area (Å²) in [6.07, 6.45) is 3.88. The molecule has 0 bridgehead atoms. The normalized spacial score (nSPS) is 19.1. The highest BCUT2D eigenvalue weighted by molar-refractivity contribution is 7.99. The van der Waals surface area contributed by atoms with E-state index in [1.165, 1.54) is 5.56 Å². The van der Waals surface area contributed by atoms with Gasteiger partial charge in [0.1, 0.15) is 5.60 Å². The number of nitrogens with zero attached hydrogens (tertiary/aromatic N) is 2. The zero-order valence-corrected chi connectivity index (χ0v) is 14.8. The lowest BCUT2D eigenvalue weighted by Crippen LogP contribution is -2.43. The third-order valence-corrected chi connectivity index (χ3v) is 4.69. The number of piperidine rings is 1. The summed E-state index contributed by atoms with van der Waals surface area (Å²) in [5, 5.41) is 1.06. The van der Waals surface area contributed by atoms with E-state index in [0.29, 0.717) is 5.92 Å². The van der Waals surface area contributed by atoms with Gasteiger partial charge < -0.3 is 9.64 Å². The minimum absolute atomic E-state index is 0.184. The minimum Gasteiger partial charge on any atom is -0.444 e. The smallest absolute Gasteiger partial charge is 0.410 e. The van der Waals surface area contributed by atoms with Crippen LogP contribution in [0.3, 0.4) is 0 Å². The summed E-state index contributed by atoms with van der Waals surface area (Å²) in [6.45, 7) is 9.39. The molecule has 0 saturated carbocycles. The second kappa shape index (κ2) is 7.36. The number of carbonyl (C=O) groups excluding carboxylic acids is 1. The van der Waals surface area contributed by atoms with Crippen molar-refractivity contribution in [2.24, 2.45) is 5.92 Å². The highest BCUT2D eigenvalue weighted by Gasteiger charge is 2.27. The molecule has 0 radical (unpaired) electrons. The highest BCUT2D eigenvalue weighted by Crippen LogP contribution is 2.26. The number of aromatic nitrogens is 1. The van der Waals surface area contributed by atoms with Gasteiger partial charge in [-0.1, -0.05) is 0 Å². The van der Waals surface area contributed by atoms with Crippen LogP contribution in [0, 0.1) is 12.8 Å². The quantitative estimate of drug-likeness (QED) is 0.785. The molecule has 1 aromatic heterocycles. The molecule has 2 rings (SSSR count). The molecule has 2 heterocycles. The number of ether oxygens (including phenoxy) is 1. The van der Waals surface area contributed by atoms with Crippen LogP contribution in [-0.2, 0) is 4.74 Å². The Kier molecular flexibility index (Phi) is 5.73. The maximum absolute atomic E-state index is 12.2. The first kappa shape index (κ1) is 17.1. The summed E-state index contributed by atoms with van der Waals surface area (Å²) in [4.78, 5) is 18.4. The second-order valence-corrected chi connectivity index (χ2v) is 7.96. The standard InChI is InChI=1S/C17H26N2O2S/c1-13-7-8-18-15(10-13)22-12-14-6-5-9-19(11-14)16(20)21-17(2,3)4/h7-8,10,14H,5-6,9,11-12H2,1-4H3/t14-/m0/s1. The summed E-state index contributed by atoms with van der Waals surface area (Å²) in [5.41, 5.74) is 0.807. The molecule has 5 heteroatoms. The number of hydrogen-bond acceptors (Lipinski definition) is 4. The van der Waals surface area contributed by atoms with E-state index in [2.05, 4.69) is 18.0 Å². The Morgan fingerprint density at radius 3 is 2.95 bits per heavy atom. The van der Waals surface area contributed by atoms with Crippen molar-refractivity contribution < 1.29 is 9.53 Å². The molecule has 22 heavy (non-hydrogen) atoms. The van der Waals surface area contributed by atoms with Crippen molar-refractivity contribution in [3.8, 4) is 0 Å². The van der Waals surface area contributed by atoms with Crippen molar-refractivity contribution in [2.45, 2.75) is 51.2 Å². The zero-order chi connectivity index (χ0) is 16.2. The Morgan fingerprint density at radius 2 is 2.27 bits per heavy atom. The Hall–Kier alpha value is -1.23. The van der Waals surface area contributed by atoms with Gasteiger partial charge in [-0.05, 0) is 64.2 Å². The first-order valence-corrected chi connectivity index (χ1v) is 8.85. The van der Waals surface area contributed by atoms with Gasteiger partial charge in [-0.25, -0.2) is 9.78 Å². The lowest BCUT2D eigenvalue weighted by Gasteiger charge is -2.34. The predicted molar refractivity (Wildman–Crippen MR) is 90.2 cm³/mol. The molecule has 0 aromatic carbocycles. The molecule has 1 aromatic rings. The maximum Gasteiger partial charge on any atom is 0.410 e. The molecule has 4 nitrogen and oxygen atoms in total. The van der Waals surface area contributed by atoms with Crippen molar-refractivity contribution in [3.63, 3.8) is 0 Å². The van der Waals surface area contributed by atoms with E-state index in [-0.39, 0.29) is 6.09 Å². The Labute approximate surface area is 137 Å². The van der Waals surface area contributed by atoms with Gasteiger partial charge in [0.05, 0.1) is 5.03 Å². The zero-order valence-electron chi connectivity index (χ0n) is 14.0. The molecule has 0 spiro atoms. The molecular formula is C17H26N2O2S. The van der Waals surface area contributed by atoms with Crippen molar-refractivity contribution in [2.75, 3.05) is 18.8 Å². The molecule has 0 unspecified atom stereocenters. The van der Waals surface area contributed by atoms with Crippen LogP contribution in [0.5, 0.6) is 0 Å². The van der Waals surface area contributed by atoms with Gasteiger partial charge in [-0.3, -0.25) is 0 Å². The number of rotatable bonds is 3. The third kappa shape index (κ3) is 5.52. The van der Waals surface area contributed by atoms with E-state index < -0.39 is 5.60 Å². The van der Waals surface area contributed by atoms with Gasteiger partial charge in [-0.2, -0.15) is 0 Å². The Balaban J connectivity index is 1.84. The predicted octanol–water partition coefficient (Wildman–Crippen LogP) is 4.13. The van der Waals surface area contributed by atoms with Crippen LogP contribution in [0.4, 0.5) is 4.79 Å². The van der Waals surface area contributed by atoms with Gasteiger partial charge in [0.2, 0.25) is 0 Å². The number of likely N-dealkylation sites (tertiary alicyclic amines) is 1. The van der Waals surface area contributed by atoms with Gasteiger partial charge in [0.15, 0.2) is 0 Å². The molecule has 1 fully saturated rings. The lowest BCUT2D eigenvalue weighted by atomic mass is 10.0. The number of carbonyl (C=O) groups is 1. The average Bonchev–Trinajstić information content (AvgIpc) is 2.44. The van der Waals surface area contributed by atoms with Crippen LogP contribution >= 0.6 is 11.8 Å². The number of hydrogen-bond donors (Lipinski definition) is 0. The fourth-order valence-corrected chi connectivity index (χ4v) is 3.57. The summed E-state index contributed by atoms with van der Waals surface area (Å²) in [6, 6.07) is 4.12. The molecule has 1 aliphatic heterocycles. The average molecular weight is 322 g/mol. The molecule has 1 amide bonds. The second-order valence-electron chi connectivity index (χ2n) is 6.92. The van der Waals surface area contributed by atoms with E-state index in [0.717, 1.165) is 36.7 Å². The first-order chi connectivity index (χ1) is 10.3. The molecule has 1 saturated heterocycles. The van der Waals surface area contributed by atoms with Crippen LogP contribution in [-0.4, -0.2) is 40.4 Å². The summed E-state index contributed by atoms with van der Waals surface area (Å²) in [5.74, 6) is 1.50. The fraction of sp³-hybridized carbons (Fsp3) is 0.647. The van der Waals surface area contributed by atoms with Gasteiger partial charge >= 0.3 is 6.09 Å². The van der Waals surface area contributed by atoms with E-state index in [1.807, 2.05) is 37.9 Å². The summed E-state index contributed by atoms with van der Waals surface area (Å²) < 4.78 is 5.47. The fourth-order valence-electron chi connectivity index (χ4n) is 2.48. The molecule has 122 valence electrons. The van der Waals surface area contributed by atoms with Crippen molar-refractivity contribution >= 4 is 17.9 Å². The number of aryl methyl sites for hydroxylation is 1. The van der Waals surface area contributed by atoms with Crippen molar-refractivity contribution in [3.05, 3.63) is 23.9 Å². The molecular weight excluding hydrogens is 296 g/mol. The van der Waals surface area contributed by atoms with E-state index >= 15 is 0 Å². The van der Waals surface area contributed by atoms with E-state index in [9.17, 15) is 4.79 Å². The van der Waals surface area contributed by atoms with E-state index in [1.54, 1.807) is 11.8 Å². The van der Waals surface area contributed by atoms with Crippen LogP contribution in [0.25, 0.3) is 0 Å². The topological polar surface area (TPSA) is 42.4 Å². The maximum atomic E-state index is 12.2. The molecule has 0 aliphatic carbocycles. The van der Waals surface area contributed by atoms with Crippen LogP contribution in [0.15, 0.2) is 23.4 Å².